The summed E-state index contributed by atoms with van der Waals surface area (Å²) >= 11 is 0. The zero-order valence-corrected chi connectivity index (χ0v) is 20.5. The van der Waals surface area contributed by atoms with Gasteiger partial charge in [-0.3, -0.25) is 9.10 Å². The van der Waals surface area contributed by atoms with E-state index >= 15 is 0 Å². The van der Waals surface area contributed by atoms with Crippen LogP contribution in [0.5, 0.6) is 17.2 Å². The van der Waals surface area contributed by atoms with E-state index < -0.39 is 28.3 Å². The van der Waals surface area contributed by atoms with Crippen LogP contribution in [0.3, 0.4) is 0 Å². The van der Waals surface area contributed by atoms with Crippen molar-refractivity contribution < 1.29 is 31.8 Å². The molecule has 0 heterocycles. The van der Waals surface area contributed by atoms with E-state index in [1.165, 1.54) is 44.6 Å². The summed E-state index contributed by atoms with van der Waals surface area (Å²) in [6.07, 6.45) is 0. The number of methoxy groups -OCH3 is 2. The van der Waals surface area contributed by atoms with Crippen molar-refractivity contribution in [1.29, 1.82) is 0 Å². The van der Waals surface area contributed by atoms with Gasteiger partial charge in [-0.2, -0.15) is 0 Å². The molecule has 0 fully saturated rings. The molecule has 0 bridgehead atoms. The number of sulfonamides is 1. The van der Waals surface area contributed by atoms with Crippen LogP contribution in [-0.2, 0) is 14.8 Å². The number of aryl methyl sites for hydroxylation is 1. The van der Waals surface area contributed by atoms with Gasteiger partial charge in [-0.05, 0) is 61.0 Å². The molecule has 1 N–H and O–H groups in total. The minimum atomic E-state index is -4.21. The summed E-state index contributed by atoms with van der Waals surface area (Å²) in [6, 6.07) is 16.4. The summed E-state index contributed by atoms with van der Waals surface area (Å²) in [4.78, 5) is 12.6. The molecule has 35 heavy (non-hydrogen) atoms. The van der Waals surface area contributed by atoms with Crippen LogP contribution in [0, 0.1) is 12.7 Å². The van der Waals surface area contributed by atoms with Crippen LogP contribution in [0.4, 0.5) is 10.1 Å². The van der Waals surface area contributed by atoms with Gasteiger partial charge in [0.05, 0.1) is 31.3 Å². The highest BCUT2D eigenvalue weighted by atomic mass is 32.2. The molecule has 0 aliphatic carbocycles. The molecule has 0 spiro atoms. The topological polar surface area (TPSA) is 94.2 Å². The highest BCUT2D eigenvalue weighted by Gasteiger charge is 2.28. The molecule has 0 saturated carbocycles. The Bertz CT molecular complexity index is 1270. The highest BCUT2D eigenvalue weighted by Crippen LogP contribution is 2.32. The highest BCUT2D eigenvalue weighted by molar-refractivity contribution is 7.92. The Balaban J connectivity index is 1.77. The fourth-order valence-corrected chi connectivity index (χ4v) is 4.71. The smallest absolute Gasteiger partial charge is 0.264 e. The first-order valence-electron chi connectivity index (χ1n) is 10.7. The van der Waals surface area contributed by atoms with Crippen molar-refractivity contribution in [3.63, 3.8) is 0 Å². The van der Waals surface area contributed by atoms with E-state index in [-0.39, 0.29) is 29.5 Å². The Hall–Kier alpha value is -3.79. The van der Waals surface area contributed by atoms with E-state index in [0.29, 0.717) is 11.5 Å². The molecule has 1 amide bonds. The second kappa shape index (κ2) is 11.6. The maximum Gasteiger partial charge on any atom is 0.264 e. The Kier molecular flexibility index (Phi) is 8.53. The number of hydrogen-bond acceptors (Lipinski definition) is 6. The lowest BCUT2D eigenvalue weighted by molar-refractivity contribution is -0.119. The zero-order chi connectivity index (χ0) is 25.4. The van der Waals surface area contributed by atoms with Gasteiger partial charge < -0.3 is 19.5 Å². The molecule has 0 aromatic heterocycles. The molecular weight excluding hydrogens is 475 g/mol. The van der Waals surface area contributed by atoms with Crippen molar-refractivity contribution in [2.75, 3.05) is 38.2 Å². The van der Waals surface area contributed by atoms with Gasteiger partial charge in [0.25, 0.3) is 10.0 Å². The molecule has 186 valence electrons. The van der Waals surface area contributed by atoms with Crippen molar-refractivity contribution in [3.05, 3.63) is 78.1 Å². The molecular formula is C25H27FN2O6S. The average Bonchev–Trinajstić information content (AvgIpc) is 2.85. The summed E-state index contributed by atoms with van der Waals surface area (Å²) in [6.45, 7) is 1.79. The molecule has 0 aliphatic rings. The van der Waals surface area contributed by atoms with E-state index in [0.717, 1.165) is 22.0 Å². The fourth-order valence-electron chi connectivity index (χ4n) is 3.28. The molecule has 0 unspecified atom stereocenters. The maximum absolute atomic E-state index is 13.5. The predicted octanol–water partition coefficient (Wildman–Crippen LogP) is 3.54. The van der Waals surface area contributed by atoms with Crippen LogP contribution < -0.4 is 23.8 Å². The number of benzene rings is 3. The molecule has 3 rings (SSSR count). The third-order valence-corrected chi connectivity index (χ3v) is 6.80. The van der Waals surface area contributed by atoms with Crippen LogP contribution in [0.1, 0.15) is 5.56 Å². The van der Waals surface area contributed by atoms with Gasteiger partial charge in [-0.25, -0.2) is 12.8 Å². The number of rotatable bonds is 11. The number of nitrogens with zero attached hydrogens (tertiary/aromatic N) is 1. The molecule has 0 radical (unpaired) electrons. The second-order valence-electron chi connectivity index (χ2n) is 7.52. The Morgan fingerprint density at radius 1 is 0.971 bits per heavy atom. The number of amides is 1. The van der Waals surface area contributed by atoms with E-state index in [1.807, 2.05) is 25.1 Å². The lowest BCUT2D eigenvalue weighted by Crippen LogP contribution is -2.42. The number of carbonyl (C=O) groups is 1. The van der Waals surface area contributed by atoms with Crippen LogP contribution in [-0.4, -0.2) is 48.2 Å². The first-order valence-corrected chi connectivity index (χ1v) is 12.1. The van der Waals surface area contributed by atoms with E-state index in [4.69, 9.17) is 14.2 Å². The lowest BCUT2D eigenvalue weighted by atomic mass is 10.2. The van der Waals surface area contributed by atoms with Gasteiger partial charge in [0.2, 0.25) is 5.91 Å². The molecule has 0 saturated heterocycles. The number of hydrogen-bond donors (Lipinski definition) is 1. The number of halogens is 1. The van der Waals surface area contributed by atoms with Crippen molar-refractivity contribution in [3.8, 4) is 17.2 Å². The molecule has 10 heteroatoms. The summed E-state index contributed by atoms with van der Waals surface area (Å²) in [7, 11) is -1.39. The summed E-state index contributed by atoms with van der Waals surface area (Å²) < 4.78 is 57.4. The van der Waals surface area contributed by atoms with E-state index in [9.17, 15) is 17.6 Å². The van der Waals surface area contributed by atoms with Crippen LogP contribution in [0.2, 0.25) is 0 Å². The van der Waals surface area contributed by atoms with E-state index in [2.05, 4.69) is 5.32 Å². The van der Waals surface area contributed by atoms with Gasteiger partial charge >= 0.3 is 0 Å². The monoisotopic (exact) mass is 502 g/mol. The molecule has 8 nitrogen and oxygen atoms in total. The molecule has 3 aromatic carbocycles. The maximum atomic E-state index is 13.5. The average molecular weight is 503 g/mol. The van der Waals surface area contributed by atoms with Crippen molar-refractivity contribution in [1.82, 2.24) is 5.32 Å². The second-order valence-corrected chi connectivity index (χ2v) is 9.38. The Morgan fingerprint density at radius 3 is 2.34 bits per heavy atom. The molecule has 0 atom stereocenters. The normalized spacial score (nSPS) is 11.0. The van der Waals surface area contributed by atoms with Gasteiger partial charge in [-0.15, -0.1) is 0 Å². The van der Waals surface area contributed by atoms with E-state index in [1.54, 1.807) is 6.07 Å². The number of nitrogens with one attached hydrogen (secondary N) is 1. The third-order valence-electron chi connectivity index (χ3n) is 5.03. The van der Waals surface area contributed by atoms with Gasteiger partial charge in [-0.1, -0.05) is 12.1 Å². The summed E-state index contributed by atoms with van der Waals surface area (Å²) in [5.74, 6) is 0.154. The largest absolute Gasteiger partial charge is 0.493 e. The quantitative estimate of drug-likeness (QED) is 0.403. The van der Waals surface area contributed by atoms with Crippen LogP contribution in [0.25, 0.3) is 0 Å². The van der Waals surface area contributed by atoms with Crippen molar-refractivity contribution >= 4 is 21.6 Å². The van der Waals surface area contributed by atoms with Gasteiger partial charge in [0, 0.05) is 6.07 Å². The number of carbonyl (C=O) groups excluding carboxylic acids is 1. The molecule has 3 aromatic rings. The van der Waals surface area contributed by atoms with Crippen molar-refractivity contribution in [2.45, 2.75) is 11.8 Å². The predicted molar refractivity (Wildman–Crippen MR) is 130 cm³/mol. The van der Waals surface area contributed by atoms with Crippen LogP contribution >= 0.6 is 0 Å². The molecule has 0 aliphatic heterocycles. The number of anilines is 1. The van der Waals surface area contributed by atoms with Gasteiger partial charge in [0.1, 0.15) is 24.7 Å². The Morgan fingerprint density at radius 2 is 1.69 bits per heavy atom. The lowest BCUT2D eigenvalue weighted by Gasteiger charge is -2.24. The Labute approximate surface area is 204 Å². The minimum Gasteiger partial charge on any atom is -0.493 e. The van der Waals surface area contributed by atoms with Gasteiger partial charge in [0.15, 0.2) is 11.5 Å². The minimum absolute atomic E-state index is 0.116. The third kappa shape index (κ3) is 6.63. The number of ether oxygens (including phenoxy) is 3. The SMILES string of the molecule is COc1ccc(S(=O)(=O)N(CC(=O)NCCOc2cccc(C)c2)c2ccc(F)cc2)cc1OC. The standard InChI is InChI=1S/C25H27FN2O6S/c1-18-5-4-6-21(15-18)34-14-13-27-25(29)17-28(20-9-7-19(26)8-10-20)35(30,31)22-11-12-23(32-2)24(16-22)33-3/h4-12,15-16H,13-14,17H2,1-3H3,(H,27,29). The summed E-state index contributed by atoms with van der Waals surface area (Å²) in [5, 5.41) is 2.65. The zero-order valence-electron chi connectivity index (χ0n) is 19.7. The first kappa shape index (κ1) is 25.8. The van der Waals surface area contributed by atoms with Crippen LogP contribution in [0.15, 0.2) is 71.6 Å². The first-order chi connectivity index (χ1) is 16.7. The fraction of sp³-hybridized carbons (Fsp3) is 0.240. The summed E-state index contributed by atoms with van der Waals surface area (Å²) in [5.41, 5.74) is 1.18. The van der Waals surface area contributed by atoms with Crippen molar-refractivity contribution in [2.24, 2.45) is 0 Å².